The van der Waals surface area contributed by atoms with Gasteiger partial charge in [-0.15, -0.1) is 11.8 Å². The molecule has 0 aliphatic rings. The second kappa shape index (κ2) is 6.93. The largest absolute Gasteiger partial charge is 0.440 e. The lowest BCUT2D eigenvalue weighted by Crippen LogP contribution is -2.04. The molecule has 5 nitrogen and oxygen atoms in total. The Hall–Kier alpha value is -2.19. The van der Waals surface area contributed by atoms with Crippen LogP contribution in [0.25, 0.3) is 11.3 Å². The molecule has 23 heavy (non-hydrogen) atoms. The van der Waals surface area contributed by atoms with Gasteiger partial charge in [-0.3, -0.25) is 4.79 Å². The zero-order valence-corrected chi connectivity index (χ0v) is 13.7. The number of rotatable bonds is 5. The van der Waals surface area contributed by atoms with E-state index in [1.54, 1.807) is 24.4 Å². The number of thiazole rings is 1. The number of anilines is 1. The summed E-state index contributed by atoms with van der Waals surface area (Å²) < 4.78 is 20.2. The summed E-state index contributed by atoms with van der Waals surface area (Å²) in [6.45, 7) is 1.44. The summed E-state index contributed by atoms with van der Waals surface area (Å²) in [7, 11) is 0. The second-order valence-corrected chi connectivity index (χ2v) is 6.86. The lowest BCUT2D eigenvalue weighted by Gasteiger charge is -1.97. The van der Waals surface area contributed by atoms with E-state index in [1.807, 2.05) is 0 Å². The van der Waals surface area contributed by atoms with Gasteiger partial charge in [0, 0.05) is 6.92 Å². The van der Waals surface area contributed by atoms with Gasteiger partial charge in [0.2, 0.25) is 11.8 Å². The van der Waals surface area contributed by atoms with Gasteiger partial charge in [-0.05, 0) is 12.1 Å². The van der Waals surface area contributed by atoms with Gasteiger partial charge in [-0.1, -0.05) is 23.5 Å². The Labute approximate surface area is 140 Å². The Morgan fingerprint density at radius 1 is 1.35 bits per heavy atom. The second-order valence-electron chi connectivity index (χ2n) is 4.55. The van der Waals surface area contributed by atoms with Crippen LogP contribution in [-0.4, -0.2) is 15.9 Å². The smallest absolute Gasteiger partial charge is 0.223 e. The molecule has 3 rings (SSSR count). The number of hydrogen-bond donors (Lipinski definition) is 1. The zero-order valence-electron chi connectivity index (χ0n) is 12.1. The number of hydrogen-bond acceptors (Lipinski definition) is 6. The number of carbonyl (C=O) groups is 1. The molecular weight excluding hydrogens is 337 g/mol. The van der Waals surface area contributed by atoms with Crippen molar-refractivity contribution in [2.45, 2.75) is 16.9 Å². The molecule has 1 aromatic carbocycles. The molecule has 0 atom stereocenters. The van der Waals surface area contributed by atoms with Crippen molar-refractivity contribution in [3.05, 3.63) is 48.4 Å². The van der Waals surface area contributed by atoms with E-state index in [4.69, 9.17) is 4.42 Å². The van der Waals surface area contributed by atoms with E-state index in [-0.39, 0.29) is 11.7 Å². The van der Waals surface area contributed by atoms with E-state index in [0.717, 1.165) is 4.21 Å². The quantitative estimate of drug-likeness (QED) is 0.700. The predicted molar refractivity (Wildman–Crippen MR) is 87.9 cm³/mol. The molecule has 1 N–H and O–H groups in total. The minimum Gasteiger partial charge on any atom is -0.440 e. The molecule has 8 heteroatoms. The van der Waals surface area contributed by atoms with Crippen molar-refractivity contribution in [3.8, 4) is 11.3 Å². The van der Waals surface area contributed by atoms with E-state index in [1.165, 1.54) is 42.3 Å². The van der Waals surface area contributed by atoms with Gasteiger partial charge in [0.05, 0.1) is 27.9 Å². The maximum atomic E-state index is 13.7. The molecule has 0 unspecified atom stereocenters. The molecular formula is C15H12FN3O2S2. The van der Waals surface area contributed by atoms with Crippen LogP contribution in [0.4, 0.5) is 9.52 Å². The maximum Gasteiger partial charge on any atom is 0.223 e. The number of benzene rings is 1. The van der Waals surface area contributed by atoms with Crippen molar-refractivity contribution >= 4 is 34.1 Å². The fraction of sp³-hybridized carbons (Fsp3) is 0.133. The Morgan fingerprint density at radius 2 is 2.17 bits per heavy atom. The fourth-order valence-corrected chi connectivity index (χ4v) is 3.60. The Kier molecular flexibility index (Phi) is 4.73. The van der Waals surface area contributed by atoms with Crippen LogP contribution in [0, 0.1) is 5.82 Å². The van der Waals surface area contributed by atoms with Gasteiger partial charge in [-0.25, -0.2) is 14.4 Å². The van der Waals surface area contributed by atoms with Gasteiger partial charge < -0.3 is 9.73 Å². The number of aromatic nitrogens is 2. The van der Waals surface area contributed by atoms with Gasteiger partial charge in [0.1, 0.15) is 5.82 Å². The first-order valence-electron chi connectivity index (χ1n) is 6.67. The average Bonchev–Trinajstić information content (AvgIpc) is 3.14. The lowest BCUT2D eigenvalue weighted by atomic mass is 10.2. The topological polar surface area (TPSA) is 68.0 Å². The number of amides is 1. The molecule has 0 saturated carbocycles. The molecule has 0 aliphatic carbocycles. The van der Waals surface area contributed by atoms with Crippen molar-refractivity contribution in [2.75, 3.05) is 5.32 Å². The van der Waals surface area contributed by atoms with E-state index in [9.17, 15) is 9.18 Å². The molecule has 0 saturated heterocycles. The number of carbonyl (C=O) groups excluding carboxylic acids is 1. The van der Waals surface area contributed by atoms with Crippen LogP contribution >= 0.6 is 23.1 Å². The summed E-state index contributed by atoms with van der Waals surface area (Å²) in [4.78, 5) is 19.2. The summed E-state index contributed by atoms with van der Waals surface area (Å²) >= 11 is 2.87. The normalized spacial score (nSPS) is 10.7. The van der Waals surface area contributed by atoms with E-state index in [2.05, 4.69) is 15.3 Å². The van der Waals surface area contributed by atoms with Gasteiger partial charge >= 0.3 is 0 Å². The van der Waals surface area contributed by atoms with Crippen LogP contribution in [0.3, 0.4) is 0 Å². The number of oxazole rings is 1. The first-order chi connectivity index (χ1) is 11.1. The molecule has 118 valence electrons. The van der Waals surface area contributed by atoms with Crippen LogP contribution < -0.4 is 5.32 Å². The number of nitrogens with zero attached hydrogens (tertiary/aromatic N) is 2. The van der Waals surface area contributed by atoms with Crippen molar-refractivity contribution in [2.24, 2.45) is 0 Å². The third-order valence-corrected chi connectivity index (χ3v) is 4.89. The minimum absolute atomic E-state index is 0.155. The summed E-state index contributed by atoms with van der Waals surface area (Å²) in [5, 5.41) is 3.18. The Balaban J connectivity index is 1.64. The van der Waals surface area contributed by atoms with Crippen LogP contribution in [0.1, 0.15) is 12.8 Å². The predicted octanol–water partition coefficient (Wildman–Crippen LogP) is 4.19. The highest BCUT2D eigenvalue weighted by molar-refractivity contribution is 8.00. The van der Waals surface area contributed by atoms with Crippen LogP contribution in [0.5, 0.6) is 0 Å². The summed E-state index contributed by atoms with van der Waals surface area (Å²) in [5.41, 5.74) is 0.391. The summed E-state index contributed by atoms with van der Waals surface area (Å²) in [6, 6.07) is 6.40. The van der Waals surface area contributed by atoms with Gasteiger partial charge in [0.15, 0.2) is 10.9 Å². The van der Waals surface area contributed by atoms with E-state index >= 15 is 0 Å². The molecule has 2 aromatic heterocycles. The highest BCUT2D eigenvalue weighted by atomic mass is 32.2. The van der Waals surface area contributed by atoms with Crippen molar-refractivity contribution < 1.29 is 13.6 Å². The first-order valence-corrected chi connectivity index (χ1v) is 8.48. The van der Waals surface area contributed by atoms with Crippen LogP contribution in [-0.2, 0) is 10.5 Å². The SMILES string of the molecule is CC(=O)Nc1ncc(SCc2ncc(-c3ccccc3F)o2)s1. The fourth-order valence-electron chi connectivity index (χ4n) is 1.83. The summed E-state index contributed by atoms with van der Waals surface area (Å²) in [6.07, 6.45) is 3.20. The molecule has 3 aromatic rings. The van der Waals surface area contributed by atoms with Crippen LogP contribution in [0.15, 0.2) is 45.3 Å². The van der Waals surface area contributed by atoms with Crippen molar-refractivity contribution in [1.29, 1.82) is 0 Å². The van der Waals surface area contributed by atoms with Crippen LogP contribution in [0.2, 0.25) is 0 Å². The number of thioether (sulfide) groups is 1. The molecule has 2 heterocycles. The molecule has 0 fully saturated rings. The molecule has 0 aliphatic heterocycles. The van der Waals surface area contributed by atoms with E-state index < -0.39 is 0 Å². The Morgan fingerprint density at radius 3 is 2.96 bits per heavy atom. The molecule has 0 radical (unpaired) electrons. The van der Waals surface area contributed by atoms with Crippen molar-refractivity contribution in [1.82, 2.24) is 9.97 Å². The molecule has 1 amide bonds. The third kappa shape index (κ3) is 3.96. The molecule has 0 spiro atoms. The monoisotopic (exact) mass is 349 g/mol. The average molecular weight is 349 g/mol. The highest BCUT2D eigenvalue weighted by Gasteiger charge is 2.11. The highest BCUT2D eigenvalue weighted by Crippen LogP contribution is 2.31. The molecule has 0 bridgehead atoms. The van der Waals surface area contributed by atoms with Gasteiger partial charge in [-0.2, -0.15) is 0 Å². The summed E-state index contributed by atoms with van der Waals surface area (Å²) in [5.74, 6) is 0.906. The number of nitrogens with one attached hydrogen (secondary N) is 1. The lowest BCUT2D eigenvalue weighted by molar-refractivity contribution is -0.114. The Bertz CT molecular complexity index is 832. The maximum absolute atomic E-state index is 13.7. The van der Waals surface area contributed by atoms with Gasteiger partial charge in [0.25, 0.3) is 0 Å². The third-order valence-electron chi connectivity index (χ3n) is 2.80. The number of halogens is 1. The standard InChI is InChI=1S/C15H12FN3O2S2/c1-9(20)19-15-18-7-14(23-15)22-8-13-17-6-12(21-13)10-4-2-3-5-11(10)16/h2-7H,8H2,1H3,(H,18,19,20). The first kappa shape index (κ1) is 15.7. The minimum atomic E-state index is -0.342. The van der Waals surface area contributed by atoms with Crippen molar-refractivity contribution in [3.63, 3.8) is 0 Å². The van der Waals surface area contributed by atoms with E-state index in [0.29, 0.717) is 28.1 Å². The zero-order chi connectivity index (χ0) is 16.2.